The van der Waals surface area contributed by atoms with Gasteiger partial charge in [0.25, 0.3) is 0 Å². The molecule has 0 bridgehead atoms. The fourth-order valence-corrected chi connectivity index (χ4v) is 2.39. The summed E-state index contributed by atoms with van der Waals surface area (Å²) in [5.74, 6) is -0.252. The third-order valence-corrected chi connectivity index (χ3v) is 3.42. The summed E-state index contributed by atoms with van der Waals surface area (Å²) in [5.41, 5.74) is 0.877. The van der Waals surface area contributed by atoms with Crippen LogP contribution in [-0.2, 0) is 9.53 Å². The highest BCUT2D eigenvalue weighted by Crippen LogP contribution is 2.27. The minimum atomic E-state index is -0.279. The molecule has 4 nitrogen and oxygen atoms in total. The smallest absolute Gasteiger partial charge is 0.318 e. The summed E-state index contributed by atoms with van der Waals surface area (Å²) in [7, 11) is 1.39. The highest BCUT2D eigenvalue weighted by molar-refractivity contribution is 8.00. The maximum Gasteiger partial charge on any atom is 0.318 e. The first-order chi connectivity index (χ1) is 8.22. The largest absolute Gasteiger partial charge is 0.468 e. The number of carbonyl (C=O) groups is 1. The van der Waals surface area contributed by atoms with Crippen LogP contribution in [0.5, 0.6) is 0 Å². The van der Waals surface area contributed by atoms with Crippen molar-refractivity contribution in [2.75, 3.05) is 7.11 Å². The van der Waals surface area contributed by atoms with Gasteiger partial charge in [0.15, 0.2) is 0 Å². The van der Waals surface area contributed by atoms with Gasteiger partial charge < -0.3 is 4.74 Å². The van der Waals surface area contributed by atoms with E-state index in [0.717, 1.165) is 15.9 Å². The van der Waals surface area contributed by atoms with E-state index in [4.69, 9.17) is 4.74 Å². The van der Waals surface area contributed by atoms with E-state index in [9.17, 15) is 4.79 Å². The van der Waals surface area contributed by atoms with Gasteiger partial charge in [-0.2, -0.15) is 0 Å². The van der Waals surface area contributed by atoms with Crippen molar-refractivity contribution in [2.24, 2.45) is 0 Å². The number of aromatic nitrogens is 2. The molecule has 2 rings (SSSR count). The molecule has 0 spiro atoms. The van der Waals surface area contributed by atoms with Gasteiger partial charge in [0.1, 0.15) is 16.6 Å². The number of hydrogen-bond acceptors (Lipinski definition) is 5. The first-order valence-corrected chi connectivity index (χ1v) is 6.04. The lowest BCUT2D eigenvalue weighted by Crippen LogP contribution is -2.14. The van der Waals surface area contributed by atoms with Crippen molar-refractivity contribution in [3.8, 4) is 0 Å². The van der Waals surface area contributed by atoms with E-state index >= 15 is 0 Å². The lowest BCUT2D eigenvalue weighted by atomic mass is 10.2. The standard InChI is InChI=1S/C12H12N2O2S/c1-8(12(15)16-2)17-11-9-5-3-4-6-10(9)13-7-14-11/h3-8H,1-2H3. The van der Waals surface area contributed by atoms with Crippen molar-refractivity contribution in [3.63, 3.8) is 0 Å². The van der Waals surface area contributed by atoms with Crippen molar-refractivity contribution < 1.29 is 9.53 Å². The van der Waals surface area contributed by atoms with Crippen molar-refractivity contribution in [1.82, 2.24) is 9.97 Å². The van der Waals surface area contributed by atoms with Crippen LogP contribution in [-0.4, -0.2) is 28.3 Å². The van der Waals surface area contributed by atoms with Crippen LogP contribution in [0.15, 0.2) is 35.6 Å². The third-order valence-electron chi connectivity index (χ3n) is 2.33. The van der Waals surface area contributed by atoms with E-state index in [0.29, 0.717) is 0 Å². The Morgan fingerprint density at radius 2 is 2.12 bits per heavy atom. The number of ether oxygens (including phenoxy) is 1. The second-order valence-electron chi connectivity index (χ2n) is 3.48. The van der Waals surface area contributed by atoms with Crippen LogP contribution in [0.4, 0.5) is 0 Å². The number of fused-ring (bicyclic) bond motifs is 1. The molecule has 5 heteroatoms. The minimum absolute atomic E-state index is 0.252. The zero-order chi connectivity index (χ0) is 12.3. The van der Waals surface area contributed by atoms with E-state index in [1.807, 2.05) is 24.3 Å². The predicted octanol–water partition coefficient (Wildman–Crippen LogP) is 2.28. The van der Waals surface area contributed by atoms with E-state index in [1.54, 1.807) is 6.92 Å². The molecule has 0 aliphatic carbocycles. The van der Waals surface area contributed by atoms with Gasteiger partial charge in [-0.1, -0.05) is 30.0 Å². The number of rotatable bonds is 3. The van der Waals surface area contributed by atoms with Crippen molar-refractivity contribution >= 4 is 28.6 Å². The average molecular weight is 248 g/mol. The molecule has 1 aromatic carbocycles. The maximum atomic E-state index is 11.4. The molecule has 0 saturated heterocycles. The molecule has 1 atom stereocenters. The Balaban J connectivity index is 2.33. The van der Waals surface area contributed by atoms with Gasteiger partial charge in [0.2, 0.25) is 0 Å². The lowest BCUT2D eigenvalue weighted by molar-refractivity contribution is -0.139. The minimum Gasteiger partial charge on any atom is -0.468 e. The van der Waals surface area contributed by atoms with Gasteiger partial charge in [0, 0.05) is 5.39 Å². The van der Waals surface area contributed by atoms with Crippen LogP contribution < -0.4 is 0 Å². The van der Waals surface area contributed by atoms with Gasteiger partial charge in [-0.3, -0.25) is 4.79 Å². The summed E-state index contributed by atoms with van der Waals surface area (Å²) in [5, 5.41) is 1.47. The van der Waals surface area contributed by atoms with Gasteiger partial charge in [0.05, 0.1) is 12.6 Å². The molecule has 0 aliphatic rings. The molecular formula is C12H12N2O2S. The van der Waals surface area contributed by atoms with E-state index in [1.165, 1.54) is 25.2 Å². The number of para-hydroxylation sites is 1. The molecule has 0 aliphatic heterocycles. The second-order valence-corrected chi connectivity index (χ2v) is 4.81. The van der Waals surface area contributed by atoms with Gasteiger partial charge in [-0.05, 0) is 13.0 Å². The SMILES string of the molecule is COC(=O)C(C)Sc1ncnc2ccccc12. The van der Waals surface area contributed by atoms with Crippen molar-refractivity contribution in [1.29, 1.82) is 0 Å². The highest BCUT2D eigenvalue weighted by atomic mass is 32.2. The second kappa shape index (κ2) is 5.14. The Labute approximate surface area is 103 Å². The van der Waals surface area contributed by atoms with Crippen molar-refractivity contribution in [2.45, 2.75) is 17.2 Å². The summed E-state index contributed by atoms with van der Waals surface area (Å²) in [4.78, 5) is 19.7. The highest BCUT2D eigenvalue weighted by Gasteiger charge is 2.16. The van der Waals surface area contributed by atoms with Crippen LogP contribution in [0, 0.1) is 0 Å². The number of carbonyl (C=O) groups excluding carboxylic acids is 1. The van der Waals surface area contributed by atoms with Crippen molar-refractivity contribution in [3.05, 3.63) is 30.6 Å². The summed E-state index contributed by atoms with van der Waals surface area (Å²) < 4.78 is 4.69. The molecule has 1 unspecified atom stereocenters. The fraction of sp³-hybridized carbons (Fsp3) is 0.250. The number of hydrogen-bond donors (Lipinski definition) is 0. The topological polar surface area (TPSA) is 52.1 Å². The Hall–Kier alpha value is -1.62. The van der Waals surface area contributed by atoms with Gasteiger partial charge in [-0.25, -0.2) is 9.97 Å². The molecule has 17 heavy (non-hydrogen) atoms. The number of benzene rings is 1. The summed E-state index contributed by atoms with van der Waals surface area (Å²) in [6, 6.07) is 7.72. The van der Waals surface area contributed by atoms with Crippen LogP contribution in [0.2, 0.25) is 0 Å². The molecule has 0 radical (unpaired) electrons. The first-order valence-electron chi connectivity index (χ1n) is 5.16. The molecule has 0 N–H and O–H groups in total. The third kappa shape index (κ3) is 2.55. The van der Waals surface area contributed by atoms with Gasteiger partial charge in [-0.15, -0.1) is 0 Å². The Morgan fingerprint density at radius 3 is 2.88 bits per heavy atom. The summed E-state index contributed by atoms with van der Waals surface area (Å²) in [6.07, 6.45) is 1.51. The quantitative estimate of drug-likeness (QED) is 0.474. The molecular weight excluding hydrogens is 236 g/mol. The van der Waals surface area contributed by atoms with E-state index in [-0.39, 0.29) is 11.2 Å². The zero-order valence-corrected chi connectivity index (χ0v) is 10.4. The maximum absolute atomic E-state index is 11.4. The van der Waals surface area contributed by atoms with Gasteiger partial charge >= 0.3 is 5.97 Å². The van der Waals surface area contributed by atoms with Crippen LogP contribution >= 0.6 is 11.8 Å². The summed E-state index contributed by atoms with van der Waals surface area (Å²) >= 11 is 1.38. The van der Waals surface area contributed by atoms with Crippen LogP contribution in [0.25, 0.3) is 10.9 Å². The molecule has 1 heterocycles. The van der Waals surface area contributed by atoms with E-state index in [2.05, 4.69) is 9.97 Å². The Morgan fingerprint density at radius 1 is 1.35 bits per heavy atom. The molecule has 1 aromatic heterocycles. The normalized spacial score (nSPS) is 12.4. The number of methoxy groups -OCH3 is 1. The fourth-order valence-electron chi connectivity index (χ4n) is 1.46. The lowest BCUT2D eigenvalue weighted by Gasteiger charge is -2.09. The zero-order valence-electron chi connectivity index (χ0n) is 9.58. The number of nitrogens with zero attached hydrogens (tertiary/aromatic N) is 2. The summed E-state index contributed by atoms with van der Waals surface area (Å²) in [6.45, 7) is 1.80. The molecule has 2 aromatic rings. The first kappa shape index (κ1) is 11.9. The molecule has 0 fully saturated rings. The van der Waals surface area contributed by atoms with Crippen LogP contribution in [0.3, 0.4) is 0 Å². The van der Waals surface area contributed by atoms with E-state index < -0.39 is 0 Å². The molecule has 0 saturated carbocycles. The average Bonchev–Trinajstić information content (AvgIpc) is 2.38. The molecule has 0 amide bonds. The Bertz CT molecular complexity index is 540. The predicted molar refractivity (Wildman–Crippen MR) is 66.9 cm³/mol. The number of thioether (sulfide) groups is 1. The Kier molecular flexibility index (Phi) is 3.58. The molecule has 88 valence electrons. The monoisotopic (exact) mass is 248 g/mol. The number of esters is 1. The van der Waals surface area contributed by atoms with Crippen LogP contribution in [0.1, 0.15) is 6.92 Å².